The van der Waals surface area contributed by atoms with E-state index in [2.05, 4.69) is 13.5 Å². The largest absolute Gasteiger partial charge is 0.396 e. The average molecular weight is 336 g/mol. The first-order valence-corrected chi connectivity index (χ1v) is 9.35. The number of thiophene rings is 1. The average Bonchev–Trinajstić information content (AvgIpc) is 2.85. The van der Waals surface area contributed by atoms with Gasteiger partial charge in [-0.15, -0.1) is 17.9 Å². The predicted octanol–water partition coefficient (Wildman–Crippen LogP) is 2.85. The lowest BCUT2D eigenvalue weighted by Gasteiger charge is -2.17. The number of aliphatic hydroxyl groups is 1. The number of aromatic nitrogens is 2. The van der Waals surface area contributed by atoms with Crippen LogP contribution in [0, 0.1) is 5.92 Å². The Hall–Kier alpha value is -1.11. The highest BCUT2D eigenvalue weighted by atomic mass is 32.2. The van der Waals surface area contributed by atoms with E-state index in [9.17, 15) is 4.79 Å². The molecule has 0 bridgehead atoms. The van der Waals surface area contributed by atoms with E-state index in [0.29, 0.717) is 23.4 Å². The zero-order valence-electron chi connectivity index (χ0n) is 12.7. The topological polar surface area (TPSA) is 55.1 Å². The lowest BCUT2D eigenvalue weighted by molar-refractivity contribution is 0.322. The molecular weight excluding hydrogens is 316 g/mol. The Morgan fingerprint density at radius 3 is 3.14 bits per heavy atom. The van der Waals surface area contributed by atoms with Gasteiger partial charge < -0.3 is 5.11 Å². The summed E-state index contributed by atoms with van der Waals surface area (Å²) in [5, 5.41) is 10.5. The standard InChI is InChI=1S/C16H20N2O2S2/c1-3-6-18-15(20)13-11-5-4-10(2)9-12(11)22-14(13)17-16(18)21-8-7-19/h3,10,19H,1,4-9H2,2H3/t10-/m0/s1. The van der Waals surface area contributed by atoms with Gasteiger partial charge in [-0.25, -0.2) is 4.98 Å². The molecule has 0 spiro atoms. The van der Waals surface area contributed by atoms with E-state index in [1.807, 2.05) is 0 Å². The van der Waals surface area contributed by atoms with Crippen molar-refractivity contribution in [3.63, 3.8) is 0 Å². The quantitative estimate of drug-likeness (QED) is 0.518. The van der Waals surface area contributed by atoms with E-state index < -0.39 is 0 Å². The van der Waals surface area contributed by atoms with E-state index in [1.165, 1.54) is 22.2 Å². The minimum absolute atomic E-state index is 0.0393. The van der Waals surface area contributed by atoms with E-state index in [-0.39, 0.29) is 12.2 Å². The fourth-order valence-corrected chi connectivity index (χ4v) is 5.12. The third-order valence-electron chi connectivity index (χ3n) is 4.01. The van der Waals surface area contributed by atoms with Crippen molar-refractivity contribution in [2.24, 2.45) is 5.92 Å². The van der Waals surface area contributed by atoms with Gasteiger partial charge in [-0.1, -0.05) is 24.8 Å². The molecule has 6 heteroatoms. The van der Waals surface area contributed by atoms with Gasteiger partial charge in [0.05, 0.1) is 12.0 Å². The monoisotopic (exact) mass is 336 g/mol. The van der Waals surface area contributed by atoms with Crippen molar-refractivity contribution in [3.05, 3.63) is 33.4 Å². The minimum atomic E-state index is 0.0393. The molecule has 1 aliphatic carbocycles. The molecule has 1 aliphatic rings. The first-order valence-electron chi connectivity index (χ1n) is 7.55. The predicted molar refractivity (Wildman–Crippen MR) is 93.1 cm³/mol. The number of thioether (sulfide) groups is 1. The second-order valence-corrected chi connectivity index (χ2v) is 7.85. The number of aliphatic hydroxyl groups excluding tert-OH is 1. The summed E-state index contributed by atoms with van der Waals surface area (Å²) < 4.78 is 1.68. The van der Waals surface area contributed by atoms with E-state index >= 15 is 0 Å². The highest BCUT2D eigenvalue weighted by Crippen LogP contribution is 2.36. The summed E-state index contributed by atoms with van der Waals surface area (Å²) in [4.78, 5) is 19.8. The van der Waals surface area contributed by atoms with Gasteiger partial charge in [-0.2, -0.15) is 0 Å². The van der Waals surface area contributed by atoms with Gasteiger partial charge in [0.1, 0.15) is 4.83 Å². The Morgan fingerprint density at radius 2 is 2.41 bits per heavy atom. The summed E-state index contributed by atoms with van der Waals surface area (Å²) in [6.45, 7) is 6.53. The van der Waals surface area contributed by atoms with Crippen LogP contribution in [-0.2, 0) is 19.4 Å². The number of hydrogen-bond acceptors (Lipinski definition) is 5. The Balaban J connectivity index is 2.19. The molecule has 0 aliphatic heterocycles. The first-order chi connectivity index (χ1) is 10.7. The molecule has 0 saturated carbocycles. The summed E-state index contributed by atoms with van der Waals surface area (Å²) >= 11 is 3.09. The number of nitrogens with zero attached hydrogens (tertiary/aromatic N) is 2. The molecule has 22 heavy (non-hydrogen) atoms. The Kier molecular flexibility index (Phi) is 4.70. The zero-order chi connectivity index (χ0) is 15.7. The lowest BCUT2D eigenvalue weighted by atomic mass is 9.89. The molecule has 1 atom stereocenters. The second kappa shape index (κ2) is 6.56. The molecule has 0 saturated heterocycles. The number of allylic oxidation sites excluding steroid dienone is 1. The van der Waals surface area contributed by atoms with Crippen LogP contribution in [0.15, 0.2) is 22.6 Å². The van der Waals surface area contributed by atoms with E-state index in [1.54, 1.807) is 22.0 Å². The highest BCUT2D eigenvalue weighted by molar-refractivity contribution is 7.99. The van der Waals surface area contributed by atoms with E-state index in [4.69, 9.17) is 10.1 Å². The summed E-state index contributed by atoms with van der Waals surface area (Å²) in [5.74, 6) is 1.22. The molecule has 4 nitrogen and oxygen atoms in total. The summed E-state index contributed by atoms with van der Waals surface area (Å²) in [7, 11) is 0. The van der Waals surface area contributed by atoms with Crippen LogP contribution in [0.5, 0.6) is 0 Å². The van der Waals surface area contributed by atoms with Gasteiger partial charge in [-0.3, -0.25) is 9.36 Å². The van der Waals surface area contributed by atoms with Crippen LogP contribution < -0.4 is 5.56 Å². The van der Waals surface area contributed by atoms with Gasteiger partial charge in [-0.05, 0) is 30.7 Å². The smallest absolute Gasteiger partial charge is 0.263 e. The maximum absolute atomic E-state index is 12.9. The Labute approximate surface area is 137 Å². The number of fused-ring (bicyclic) bond motifs is 3. The summed E-state index contributed by atoms with van der Waals surface area (Å²) in [6, 6.07) is 0. The van der Waals surface area contributed by atoms with Crippen LogP contribution in [0.1, 0.15) is 23.8 Å². The lowest BCUT2D eigenvalue weighted by Crippen LogP contribution is -2.23. The zero-order valence-corrected chi connectivity index (χ0v) is 14.3. The van der Waals surface area contributed by atoms with Crippen molar-refractivity contribution in [3.8, 4) is 0 Å². The van der Waals surface area contributed by atoms with Crippen molar-refractivity contribution < 1.29 is 5.11 Å². The Bertz CT molecular complexity index is 764. The van der Waals surface area contributed by atoms with Crippen molar-refractivity contribution in [1.29, 1.82) is 0 Å². The van der Waals surface area contributed by atoms with Gasteiger partial charge >= 0.3 is 0 Å². The van der Waals surface area contributed by atoms with Crippen molar-refractivity contribution in [1.82, 2.24) is 9.55 Å². The summed E-state index contributed by atoms with van der Waals surface area (Å²) in [5.41, 5.74) is 1.25. The maximum atomic E-state index is 12.9. The normalized spacial score (nSPS) is 17.6. The third kappa shape index (κ3) is 2.75. The van der Waals surface area contributed by atoms with Gasteiger partial charge in [0.15, 0.2) is 5.16 Å². The molecule has 0 fully saturated rings. The van der Waals surface area contributed by atoms with Crippen molar-refractivity contribution in [2.75, 3.05) is 12.4 Å². The number of hydrogen-bond donors (Lipinski definition) is 1. The maximum Gasteiger partial charge on any atom is 0.263 e. The molecule has 0 aromatic carbocycles. The van der Waals surface area contributed by atoms with Crippen LogP contribution in [0.4, 0.5) is 0 Å². The molecule has 2 aromatic heterocycles. The molecule has 2 heterocycles. The molecule has 3 rings (SSSR count). The fraction of sp³-hybridized carbons (Fsp3) is 0.500. The van der Waals surface area contributed by atoms with E-state index in [0.717, 1.165) is 29.5 Å². The van der Waals surface area contributed by atoms with Crippen LogP contribution >= 0.6 is 23.1 Å². The fourth-order valence-electron chi connectivity index (χ4n) is 2.94. The molecule has 0 radical (unpaired) electrons. The van der Waals surface area contributed by atoms with Crippen LogP contribution in [0.3, 0.4) is 0 Å². The molecule has 2 aromatic rings. The van der Waals surface area contributed by atoms with Crippen LogP contribution in [0.25, 0.3) is 10.2 Å². The van der Waals surface area contributed by atoms with Crippen molar-refractivity contribution >= 4 is 33.3 Å². The number of rotatable bonds is 5. The van der Waals surface area contributed by atoms with Gasteiger partial charge in [0.25, 0.3) is 5.56 Å². The SMILES string of the molecule is C=CCn1c(SCCO)nc2sc3c(c2c1=O)CC[C@H](C)C3. The van der Waals surface area contributed by atoms with Crippen molar-refractivity contribution in [2.45, 2.75) is 37.9 Å². The van der Waals surface area contributed by atoms with Crippen LogP contribution in [0.2, 0.25) is 0 Å². The van der Waals surface area contributed by atoms with Crippen LogP contribution in [-0.4, -0.2) is 27.0 Å². The highest BCUT2D eigenvalue weighted by Gasteiger charge is 2.24. The third-order valence-corrected chi connectivity index (χ3v) is 6.12. The molecule has 118 valence electrons. The molecule has 1 N–H and O–H groups in total. The Morgan fingerprint density at radius 1 is 1.59 bits per heavy atom. The second-order valence-electron chi connectivity index (χ2n) is 5.70. The molecule has 0 amide bonds. The van der Waals surface area contributed by atoms with Gasteiger partial charge in [0, 0.05) is 17.2 Å². The minimum Gasteiger partial charge on any atom is -0.396 e. The first kappa shape index (κ1) is 15.8. The summed E-state index contributed by atoms with van der Waals surface area (Å²) in [6.07, 6.45) is 4.89. The number of aryl methyl sites for hydroxylation is 1. The van der Waals surface area contributed by atoms with Gasteiger partial charge in [0.2, 0.25) is 0 Å². The molecule has 0 unspecified atom stereocenters. The molecular formula is C16H20N2O2S2.